The fourth-order valence-electron chi connectivity index (χ4n) is 3.81. The number of aryl methyl sites for hydroxylation is 1. The molecule has 1 N–H and O–H groups in total. The molecule has 2 aromatic carbocycles. The number of amides is 1. The van der Waals surface area contributed by atoms with Gasteiger partial charge >= 0.3 is 0 Å². The van der Waals surface area contributed by atoms with Crippen molar-refractivity contribution in [3.63, 3.8) is 0 Å². The van der Waals surface area contributed by atoms with Gasteiger partial charge in [0.25, 0.3) is 5.91 Å². The molecule has 1 heterocycles. The average molecular weight is 435 g/mol. The number of benzene rings is 2. The average Bonchev–Trinajstić information content (AvgIpc) is 3.17. The molecule has 1 unspecified atom stereocenters. The summed E-state index contributed by atoms with van der Waals surface area (Å²) >= 11 is 0. The second kappa shape index (κ2) is 9.24. The van der Waals surface area contributed by atoms with Gasteiger partial charge in [0.15, 0.2) is 0 Å². The van der Waals surface area contributed by atoms with Crippen LogP contribution < -0.4 is 5.32 Å². The van der Waals surface area contributed by atoms with E-state index in [0.717, 1.165) is 5.56 Å². The van der Waals surface area contributed by atoms with Gasteiger partial charge in [0.05, 0.1) is 10.4 Å². The number of hydrogen-bond acceptors (Lipinski definition) is 4. The fourth-order valence-corrected chi connectivity index (χ4v) is 5.63. The normalized spacial score (nSPS) is 19.7. The molecule has 1 aliphatic rings. The lowest BCUT2D eigenvalue weighted by Gasteiger charge is -2.30. The van der Waals surface area contributed by atoms with Gasteiger partial charge in [-0.15, -0.1) is 0 Å². The zero-order valence-corrected chi connectivity index (χ0v) is 18.0. The molecule has 0 aliphatic carbocycles. The highest BCUT2D eigenvalue weighted by molar-refractivity contribution is 7.89. The zero-order chi connectivity index (χ0) is 21.8. The molecule has 0 aromatic heterocycles. The summed E-state index contributed by atoms with van der Waals surface area (Å²) in [6.07, 6.45) is 1.55. The van der Waals surface area contributed by atoms with Gasteiger partial charge in [-0.25, -0.2) is 12.8 Å². The van der Waals surface area contributed by atoms with Gasteiger partial charge in [0, 0.05) is 32.4 Å². The number of carbonyl (C=O) groups excluding carboxylic acids is 1. The quantitative estimate of drug-likeness (QED) is 0.693. The molecule has 1 fully saturated rings. The molecule has 8 heteroatoms. The van der Waals surface area contributed by atoms with Crippen LogP contribution in [0, 0.1) is 5.82 Å². The minimum absolute atomic E-state index is 0.156. The second-order valence-corrected chi connectivity index (χ2v) is 9.44. The Hall–Kier alpha value is -2.29. The summed E-state index contributed by atoms with van der Waals surface area (Å²) in [5.41, 5.74) is 0.337. The highest BCUT2D eigenvalue weighted by Crippen LogP contribution is 2.31. The molecule has 3 rings (SSSR count). The van der Waals surface area contributed by atoms with Gasteiger partial charge in [-0.1, -0.05) is 25.1 Å². The first-order valence-corrected chi connectivity index (χ1v) is 11.4. The largest absolute Gasteiger partial charge is 0.385 e. The Morgan fingerprint density at radius 1 is 1.20 bits per heavy atom. The van der Waals surface area contributed by atoms with E-state index in [-0.39, 0.29) is 12.5 Å². The van der Waals surface area contributed by atoms with Crippen molar-refractivity contribution in [1.82, 2.24) is 9.62 Å². The molecule has 6 nitrogen and oxygen atoms in total. The highest BCUT2D eigenvalue weighted by Gasteiger charge is 2.44. The third-order valence-corrected chi connectivity index (χ3v) is 7.51. The van der Waals surface area contributed by atoms with E-state index < -0.39 is 21.4 Å². The third-order valence-electron chi connectivity index (χ3n) is 5.56. The molecule has 0 radical (unpaired) electrons. The molecule has 1 atom stereocenters. The Balaban J connectivity index is 1.84. The van der Waals surface area contributed by atoms with E-state index in [1.54, 1.807) is 19.2 Å². The molecule has 1 aliphatic heterocycles. The van der Waals surface area contributed by atoms with Crippen LogP contribution in [-0.2, 0) is 21.2 Å². The minimum atomic E-state index is -3.69. The molecule has 0 saturated carbocycles. The van der Waals surface area contributed by atoms with Crippen LogP contribution in [0.25, 0.3) is 0 Å². The third kappa shape index (κ3) is 4.71. The lowest BCUT2D eigenvalue weighted by Crippen LogP contribution is -2.51. The van der Waals surface area contributed by atoms with Gasteiger partial charge in [0.2, 0.25) is 10.0 Å². The summed E-state index contributed by atoms with van der Waals surface area (Å²) in [6.45, 7) is 2.75. The van der Waals surface area contributed by atoms with E-state index in [9.17, 15) is 17.6 Å². The van der Waals surface area contributed by atoms with E-state index in [4.69, 9.17) is 4.74 Å². The van der Waals surface area contributed by atoms with Crippen LogP contribution in [0.15, 0.2) is 53.4 Å². The minimum Gasteiger partial charge on any atom is -0.385 e. The van der Waals surface area contributed by atoms with Gasteiger partial charge in [-0.3, -0.25) is 4.79 Å². The van der Waals surface area contributed by atoms with Crippen LogP contribution in [-0.4, -0.2) is 51.0 Å². The van der Waals surface area contributed by atoms with Gasteiger partial charge in [0.1, 0.15) is 5.82 Å². The van der Waals surface area contributed by atoms with Gasteiger partial charge in [-0.05, 0) is 55.2 Å². The molecular formula is C22H27FN2O4S. The van der Waals surface area contributed by atoms with Crippen molar-refractivity contribution in [2.24, 2.45) is 0 Å². The van der Waals surface area contributed by atoms with Crippen LogP contribution in [0.2, 0.25) is 0 Å². The highest BCUT2D eigenvalue weighted by atomic mass is 32.2. The maximum absolute atomic E-state index is 13.3. The lowest BCUT2D eigenvalue weighted by atomic mass is 9.94. The lowest BCUT2D eigenvalue weighted by molar-refractivity contribution is 0.0871. The summed E-state index contributed by atoms with van der Waals surface area (Å²) in [5.74, 6) is -0.785. The van der Waals surface area contributed by atoms with Crippen molar-refractivity contribution >= 4 is 15.9 Å². The molecule has 30 heavy (non-hydrogen) atoms. The number of nitrogens with one attached hydrogen (secondary N) is 1. The Kier molecular flexibility index (Phi) is 6.90. The van der Waals surface area contributed by atoms with Crippen molar-refractivity contribution in [3.05, 3.63) is 65.5 Å². The number of methoxy groups -OCH3 is 1. The molecule has 1 amide bonds. The van der Waals surface area contributed by atoms with E-state index in [0.29, 0.717) is 42.9 Å². The van der Waals surface area contributed by atoms with E-state index >= 15 is 0 Å². The van der Waals surface area contributed by atoms with Crippen molar-refractivity contribution in [2.75, 3.05) is 26.8 Å². The number of rotatable bonds is 8. The topological polar surface area (TPSA) is 75.7 Å². The first-order valence-electron chi connectivity index (χ1n) is 9.96. The van der Waals surface area contributed by atoms with Crippen LogP contribution in [0.3, 0.4) is 0 Å². The first kappa shape index (κ1) is 22.4. The standard InChI is InChI=1S/C22H27FN2O4S/c1-3-17-6-4-5-7-20(17)30(27,28)25-14-12-22(16-25,13-15-29-2)24-21(26)18-8-10-19(23)11-9-18/h4-11H,3,12-16H2,1-2H3,(H,24,26). The molecule has 1 saturated heterocycles. The van der Waals surface area contributed by atoms with Crippen molar-refractivity contribution in [1.29, 1.82) is 0 Å². The van der Waals surface area contributed by atoms with Crippen molar-refractivity contribution in [3.8, 4) is 0 Å². The molecule has 0 bridgehead atoms. The smallest absolute Gasteiger partial charge is 0.251 e. The monoisotopic (exact) mass is 434 g/mol. The van der Waals surface area contributed by atoms with Crippen LogP contribution >= 0.6 is 0 Å². The number of nitrogens with zero attached hydrogens (tertiary/aromatic N) is 1. The van der Waals surface area contributed by atoms with Crippen molar-refractivity contribution in [2.45, 2.75) is 36.6 Å². The maximum atomic E-state index is 13.3. The van der Waals surface area contributed by atoms with Crippen LogP contribution in [0.1, 0.15) is 35.7 Å². The predicted octanol–water partition coefficient (Wildman–Crippen LogP) is 2.99. The fraction of sp³-hybridized carbons (Fsp3) is 0.409. The maximum Gasteiger partial charge on any atom is 0.251 e. The molecular weight excluding hydrogens is 407 g/mol. The Morgan fingerprint density at radius 3 is 2.57 bits per heavy atom. The summed E-state index contributed by atoms with van der Waals surface area (Å²) in [5, 5.41) is 3.00. The van der Waals surface area contributed by atoms with E-state index in [1.165, 1.54) is 28.6 Å². The van der Waals surface area contributed by atoms with E-state index in [1.807, 2.05) is 19.1 Å². The SMILES string of the molecule is CCc1ccccc1S(=O)(=O)N1CCC(CCOC)(NC(=O)c2ccc(F)cc2)C1. The van der Waals surface area contributed by atoms with Gasteiger partial charge < -0.3 is 10.1 Å². The molecule has 162 valence electrons. The Labute approximate surface area is 177 Å². The Bertz CT molecular complexity index is 994. The Morgan fingerprint density at radius 2 is 1.90 bits per heavy atom. The second-order valence-electron chi connectivity index (χ2n) is 7.53. The van der Waals surface area contributed by atoms with Crippen molar-refractivity contribution < 1.29 is 22.3 Å². The number of halogens is 1. The summed E-state index contributed by atoms with van der Waals surface area (Å²) < 4.78 is 46.4. The van der Waals surface area contributed by atoms with Crippen LogP contribution in [0.4, 0.5) is 4.39 Å². The zero-order valence-electron chi connectivity index (χ0n) is 17.2. The van der Waals surface area contributed by atoms with E-state index in [2.05, 4.69) is 5.32 Å². The number of carbonyl (C=O) groups is 1. The predicted molar refractivity (Wildman–Crippen MR) is 112 cm³/mol. The van der Waals surface area contributed by atoms with Gasteiger partial charge in [-0.2, -0.15) is 4.31 Å². The number of hydrogen-bond donors (Lipinski definition) is 1. The van der Waals surface area contributed by atoms with Crippen LogP contribution in [0.5, 0.6) is 0 Å². The molecule has 2 aromatic rings. The number of ether oxygens (including phenoxy) is 1. The summed E-state index contributed by atoms with van der Waals surface area (Å²) in [6, 6.07) is 12.3. The summed E-state index contributed by atoms with van der Waals surface area (Å²) in [4.78, 5) is 13.1. The molecule has 0 spiro atoms. The summed E-state index contributed by atoms with van der Waals surface area (Å²) in [7, 11) is -2.13. The number of sulfonamides is 1. The first-order chi connectivity index (χ1) is 14.3.